The Morgan fingerprint density at radius 3 is 2.70 bits per heavy atom. The third kappa shape index (κ3) is 4.67. The standard InChI is InChI=1S/C25H23N3O3S2/c1-31-19-10-6-16(7-11-19)13-28-24(30)22(33-25(28)32)12-17-14-27(15-23(29)26-18-8-9-18)21-5-3-2-4-20(17)21/h2-7,10-12,14,18H,8-9,13,15H2,1H3,(H,26,29)/b22-12-. The quantitative estimate of drug-likeness (QED) is 0.405. The van der Waals surface area contributed by atoms with E-state index >= 15 is 0 Å². The molecule has 0 radical (unpaired) electrons. The van der Waals surface area contributed by atoms with Crippen LogP contribution >= 0.6 is 24.0 Å². The highest BCUT2D eigenvalue weighted by Crippen LogP contribution is 2.35. The minimum Gasteiger partial charge on any atom is -0.497 e. The number of benzene rings is 2. The molecule has 2 fully saturated rings. The number of para-hydroxylation sites is 1. The van der Waals surface area contributed by atoms with Crippen molar-refractivity contribution >= 4 is 57.1 Å². The Bertz CT molecular complexity index is 1280. The predicted molar refractivity (Wildman–Crippen MR) is 135 cm³/mol. The molecule has 1 aliphatic carbocycles. The zero-order valence-corrected chi connectivity index (χ0v) is 19.7. The van der Waals surface area contributed by atoms with Gasteiger partial charge in [-0.1, -0.05) is 54.3 Å². The van der Waals surface area contributed by atoms with Gasteiger partial charge in [-0.25, -0.2) is 0 Å². The fourth-order valence-corrected chi connectivity index (χ4v) is 5.11. The van der Waals surface area contributed by atoms with E-state index in [1.54, 1.807) is 12.0 Å². The minimum absolute atomic E-state index is 0.00983. The van der Waals surface area contributed by atoms with Crippen molar-refractivity contribution in [2.75, 3.05) is 7.11 Å². The molecule has 0 atom stereocenters. The van der Waals surface area contributed by atoms with Crippen LogP contribution in [0, 0.1) is 0 Å². The van der Waals surface area contributed by atoms with E-state index in [0.29, 0.717) is 21.8 Å². The Hall–Kier alpha value is -3.10. The van der Waals surface area contributed by atoms with Crippen LogP contribution < -0.4 is 10.1 Å². The molecule has 2 aromatic carbocycles. The molecule has 1 aliphatic heterocycles. The van der Waals surface area contributed by atoms with Crippen molar-refractivity contribution in [3.05, 3.63) is 70.8 Å². The average molecular weight is 478 g/mol. The number of carbonyl (C=O) groups is 2. The second-order valence-electron chi connectivity index (χ2n) is 8.19. The molecule has 2 aliphatic rings. The van der Waals surface area contributed by atoms with Crippen LogP contribution in [0.2, 0.25) is 0 Å². The Balaban J connectivity index is 1.39. The van der Waals surface area contributed by atoms with Crippen LogP contribution in [-0.4, -0.2) is 38.8 Å². The number of ether oxygens (including phenoxy) is 1. The average Bonchev–Trinajstić information content (AvgIpc) is 3.52. The summed E-state index contributed by atoms with van der Waals surface area (Å²) >= 11 is 6.81. The van der Waals surface area contributed by atoms with Crippen molar-refractivity contribution in [3.63, 3.8) is 0 Å². The van der Waals surface area contributed by atoms with Gasteiger partial charge in [-0.3, -0.25) is 14.5 Å². The largest absolute Gasteiger partial charge is 0.497 e. The third-order valence-electron chi connectivity index (χ3n) is 5.74. The number of hydrogen-bond acceptors (Lipinski definition) is 5. The lowest BCUT2D eigenvalue weighted by Crippen LogP contribution is -2.29. The monoisotopic (exact) mass is 477 g/mol. The van der Waals surface area contributed by atoms with Gasteiger partial charge in [-0.15, -0.1) is 0 Å². The van der Waals surface area contributed by atoms with Gasteiger partial charge in [0.15, 0.2) is 0 Å². The maximum absolute atomic E-state index is 13.2. The van der Waals surface area contributed by atoms with Crippen LogP contribution in [0.15, 0.2) is 59.6 Å². The van der Waals surface area contributed by atoms with Crippen molar-refractivity contribution < 1.29 is 14.3 Å². The highest BCUT2D eigenvalue weighted by Gasteiger charge is 2.32. The van der Waals surface area contributed by atoms with Gasteiger partial charge < -0.3 is 14.6 Å². The maximum Gasteiger partial charge on any atom is 0.266 e. The molecule has 2 heterocycles. The lowest BCUT2D eigenvalue weighted by atomic mass is 10.1. The fraction of sp³-hybridized carbons (Fsp3) is 0.240. The summed E-state index contributed by atoms with van der Waals surface area (Å²) in [4.78, 5) is 27.7. The number of fused-ring (bicyclic) bond motifs is 1. The number of amides is 2. The maximum atomic E-state index is 13.2. The van der Waals surface area contributed by atoms with Crippen molar-refractivity contribution in [3.8, 4) is 5.75 Å². The number of hydrogen-bond donors (Lipinski definition) is 1. The van der Waals surface area contributed by atoms with Crippen LogP contribution in [0.1, 0.15) is 24.0 Å². The number of nitrogens with zero attached hydrogens (tertiary/aromatic N) is 2. The van der Waals surface area contributed by atoms with E-state index in [1.807, 2.05) is 65.4 Å². The number of methoxy groups -OCH3 is 1. The topological polar surface area (TPSA) is 63.6 Å². The smallest absolute Gasteiger partial charge is 0.266 e. The predicted octanol–water partition coefficient (Wildman–Crippen LogP) is 4.33. The zero-order valence-electron chi connectivity index (χ0n) is 18.1. The SMILES string of the molecule is COc1ccc(CN2C(=O)/C(=C/c3cn(CC(=O)NC4CC4)c4ccccc34)SC2=S)cc1. The minimum atomic E-state index is -0.107. The molecule has 168 valence electrons. The van der Waals surface area contributed by atoms with Crippen LogP contribution in [0.3, 0.4) is 0 Å². The summed E-state index contributed by atoms with van der Waals surface area (Å²) in [5, 5.41) is 4.03. The van der Waals surface area contributed by atoms with E-state index in [9.17, 15) is 9.59 Å². The first-order chi connectivity index (χ1) is 16.0. The summed E-state index contributed by atoms with van der Waals surface area (Å²) in [6, 6.07) is 15.8. The van der Waals surface area contributed by atoms with E-state index in [4.69, 9.17) is 17.0 Å². The number of rotatable bonds is 7. The molecule has 3 aromatic rings. The molecule has 1 N–H and O–H groups in total. The summed E-state index contributed by atoms with van der Waals surface area (Å²) in [6.07, 6.45) is 5.93. The van der Waals surface area contributed by atoms with Crippen molar-refractivity contribution in [1.82, 2.24) is 14.8 Å². The molecule has 1 saturated heterocycles. The molecule has 0 unspecified atom stereocenters. The summed E-state index contributed by atoms with van der Waals surface area (Å²) in [6.45, 7) is 0.665. The lowest BCUT2D eigenvalue weighted by molar-refractivity contribution is -0.123. The molecule has 0 bridgehead atoms. The molecule has 6 nitrogen and oxygen atoms in total. The molecule has 5 rings (SSSR count). The van der Waals surface area contributed by atoms with E-state index < -0.39 is 0 Å². The van der Waals surface area contributed by atoms with Crippen molar-refractivity contribution in [2.24, 2.45) is 0 Å². The number of thiocarbonyl (C=S) groups is 1. The molecule has 2 amide bonds. The highest BCUT2D eigenvalue weighted by atomic mass is 32.2. The van der Waals surface area contributed by atoms with Gasteiger partial charge in [0.2, 0.25) is 5.91 Å². The zero-order chi connectivity index (χ0) is 22.9. The molecule has 0 spiro atoms. The van der Waals surface area contributed by atoms with Crippen molar-refractivity contribution in [1.29, 1.82) is 0 Å². The third-order valence-corrected chi connectivity index (χ3v) is 7.11. The second kappa shape index (κ2) is 9.03. The number of nitrogens with one attached hydrogen (secondary N) is 1. The van der Waals surface area contributed by atoms with Crippen LogP contribution in [0.5, 0.6) is 5.75 Å². The first-order valence-electron chi connectivity index (χ1n) is 10.8. The molecule has 1 aromatic heterocycles. The second-order valence-corrected chi connectivity index (χ2v) is 9.86. The van der Waals surface area contributed by atoms with E-state index in [1.165, 1.54) is 11.8 Å². The van der Waals surface area contributed by atoms with E-state index in [2.05, 4.69) is 5.32 Å². The van der Waals surface area contributed by atoms with Gasteiger partial charge in [0, 0.05) is 28.7 Å². The summed E-state index contributed by atoms with van der Waals surface area (Å²) in [5.74, 6) is 0.672. The van der Waals surface area contributed by atoms with E-state index in [-0.39, 0.29) is 18.4 Å². The van der Waals surface area contributed by atoms with Crippen LogP contribution in [0.25, 0.3) is 17.0 Å². The normalized spacial score (nSPS) is 17.2. The summed E-state index contributed by atoms with van der Waals surface area (Å²) in [7, 11) is 1.62. The Labute approximate surface area is 201 Å². The van der Waals surface area contributed by atoms with Crippen LogP contribution in [0.4, 0.5) is 0 Å². The van der Waals surface area contributed by atoms with Gasteiger partial charge in [0.25, 0.3) is 5.91 Å². The highest BCUT2D eigenvalue weighted by molar-refractivity contribution is 8.26. The Kier molecular flexibility index (Phi) is 5.95. The van der Waals surface area contributed by atoms with E-state index in [0.717, 1.165) is 40.6 Å². The fourth-order valence-electron chi connectivity index (χ4n) is 3.87. The van der Waals surface area contributed by atoms with Gasteiger partial charge in [0.1, 0.15) is 16.6 Å². The van der Waals surface area contributed by atoms with Gasteiger partial charge in [-0.2, -0.15) is 0 Å². The Morgan fingerprint density at radius 1 is 1.21 bits per heavy atom. The van der Waals surface area contributed by atoms with Gasteiger partial charge in [0.05, 0.1) is 18.6 Å². The van der Waals surface area contributed by atoms with Gasteiger partial charge in [-0.05, 0) is 42.7 Å². The molecule has 33 heavy (non-hydrogen) atoms. The summed E-state index contributed by atoms with van der Waals surface area (Å²) in [5.41, 5.74) is 2.84. The molecule has 8 heteroatoms. The lowest BCUT2D eigenvalue weighted by Gasteiger charge is -2.14. The number of carbonyl (C=O) groups excluding carboxylic acids is 2. The Morgan fingerprint density at radius 2 is 1.97 bits per heavy atom. The summed E-state index contributed by atoms with van der Waals surface area (Å²) < 4.78 is 7.68. The van der Waals surface area contributed by atoms with Crippen molar-refractivity contribution in [2.45, 2.75) is 32.0 Å². The number of thioether (sulfide) groups is 1. The van der Waals surface area contributed by atoms with Gasteiger partial charge >= 0.3 is 0 Å². The first-order valence-corrected chi connectivity index (χ1v) is 12.0. The molecular formula is C25H23N3O3S2. The molecular weight excluding hydrogens is 454 g/mol. The first kappa shape index (κ1) is 21.7. The molecule has 1 saturated carbocycles. The number of aromatic nitrogens is 1. The van der Waals surface area contributed by atoms with Crippen LogP contribution in [-0.2, 0) is 22.7 Å².